The highest BCUT2D eigenvalue weighted by Gasteiger charge is 2.29. The molecular formula is C41H45FN6O6. The molecule has 1 saturated heterocycles. The molecule has 0 bridgehead atoms. The van der Waals surface area contributed by atoms with Crippen molar-refractivity contribution in [1.82, 2.24) is 19.0 Å². The Morgan fingerprint density at radius 1 is 1.00 bits per heavy atom. The molecule has 1 atom stereocenters. The number of aryl methyl sites for hydroxylation is 2. The quantitative estimate of drug-likeness (QED) is 0.147. The predicted molar refractivity (Wildman–Crippen MR) is 206 cm³/mol. The fourth-order valence-electron chi connectivity index (χ4n) is 7.04. The first-order chi connectivity index (χ1) is 26.1. The van der Waals surface area contributed by atoms with Crippen molar-refractivity contribution in [3.05, 3.63) is 132 Å². The van der Waals surface area contributed by atoms with Crippen LogP contribution in [0.4, 0.5) is 21.6 Å². The van der Waals surface area contributed by atoms with Crippen LogP contribution >= 0.6 is 0 Å². The van der Waals surface area contributed by atoms with Gasteiger partial charge in [0.15, 0.2) is 0 Å². The number of H-pyrrole nitrogens is 1. The van der Waals surface area contributed by atoms with Gasteiger partial charge in [-0.25, -0.2) is 18.5 Å². The minimum atomic E-state index is -0.787. The molecule has 54 heavy (non-hydrogen) atoms. The zero-order valence-corrected chi connectivity index (χ0v) is 30.8. The predicted octanol–water partition coefficient (Wildman–Crippen LogP) is 5.65. The van der Waals surface area contributed by atoms with Crippen LogP contribution in [0.15, 0.2) is 87.3 Å². The zero-order valence-electron chi connectivity index (χ0n) is 30.8. The number of aromatic nitrogens is 3. The Morgan fingerprint density at radius 2 is 1.76 bits per heavy atom. The fraction of sp³-hybridized carbons (Fsp3) is 0.366. The summed E-state index contributed by atoms with van der Waals surface area (Å²) in [6.07, 6.45) is 3.46. The maximum absolute atomic E-state index is 15.7. The van der Waals surface area contributed by atoms with Crippen LogP contribution in [0.5, 0.6) is 0 Å². The number of halogens is 1. The maximum Gasteiger partial charge on any atom is 0.343 e. The van der Waals surface area contributed by atoms with Crippen molar-refractivity contribution in [1.29, 1.82) is 0 Å². The van der Waals surface area contributed by atoms with E-state index in [1.165, 1.54) is 23.3 Å². The Bertz CT molecular complexity index is 2310. The van der Waals surface area contributed by atoms with E-state index in [9.17, 15) is 19.2 Å². The summed E-state index contributed by atoms with van der Waals surface area (Å²) in [5, 5.41) is 3.27. The van der Waals surface area contributed by atoms with Gasteiger partial charge >= 0.3 is 11.7 Å². The lowest BCUT2D eigenvalue weighted by atomic mass is 10.1. The number of piperazine rings is 1. The third kappa shape index (κ3) is 8.02. The Hall–Kier alpha value is -5.53. The van der Waals surface area contributed by atoms with Crippen molar-refractivity contribution in [3.8, 4) is 0 Å². The molecule has 2 aliphatic rings. The van der Waals surface area contributed by atoms with Crippen molar-refractivity contribution in [2.75, 3.05) is 49.5 Å². The van der Waals surface area contributed by atoms with Gasteiger partial charge in [-0.15, -0.1) is 0 Å². The van der Waals surface area contributed by atoms with Crippen molar-refractivity contribution in [2.24, 2.45) is 0 Å². The SMILES string of the molecule is CCc1cc(Nc2cc(=O)n(C(C)OCCN3CCN(c4cc5c(cc4F)c(=O)c(C(=O)OCc4ccccc4)cn5C4CC4)CC3)c(=O)[nH]2)ccc1C. The molecule has 3 heterocycles. The first-order valence-electron chi connectivity index (χ1n) is 18.5. The molecule has 1 aliphatic heterocycles. The Balaban J connectivity index is 0.961. The summed E-state index contributed by atoms with van der Waals surface area (Å²) in [7, 11) is 0. The summed E-state index contributed by atoms with van der Waals surface area (Å²) in [4.78, 5) is 59.3. The number of benzene rings is 3. The molecule has 12 nitrogen and oxygen atoms in total. The van der Waals surface area contributed by atoms with E-state index in [2.05, 4.69) is 22.1 Å². The van der Waals surface area contributed by atoms with Gasteiger partial charge in [0.2, 0.25) is 5.43 Å². The Morgan fingerprint density at radius 3 is 2.46 bits per heavy atom. The van der Waals surface area contributed by atoms with Gasteiger partial charge in [-0.2, -0.15) is 0 Å². The Labute approximate surface area is 311 Å². The second-order valence-electron chi connectivity index (χ2n) is 14.0. The van der Waals surface area contributed by atoms with Gasteiger partial charge < -0.3 is 24.3 Å². The molecule has 1 unspecified atom stereocenters. The normalized spacial score (nSPS) is 15.4. The van der Waals surface area contributed by atoms with Crippen LogP contribution < -0.4 is 26.9 Å². The number of nitrogens with zero attached hydrogens (tertiary/aromatic N) is 4. The topological polar surface area (TPSA) is 131 Å². The molecule has 1 saturated carbocycles. The largest absolute Gasteiger partial charge is 0.457 e. The summed E-state index contributed by atoms with van der Waals surface area (Å²) in [6, 6.07) is 19.6. The average Bonchev–Trinajstić information content (AvgIpc) is 4.01. The van der Waals surface area contributed by atoms with Gasteiger partial charge in [-0.1, -0.05) is 43.3 Å². The number of rotatable bonds is 13. The number of aromatic amines is 1. The van der Waals surface area contributed by atoms with Crippen LogP contribution in [-0.2, 0) is 22.5 Å². The summed E-state index contributed by atoms with van der Waals surface area (Å²) in [5.74, 6) is -0.948. The lowest BCUT2D eigenvalue weighted by molar-refractivity contribution is -0.000798. The van der Waals surface area contributed by atoms with E-state index in [0.29, 0.717) is 49.7 Å². The fourth-order valence-corrected chi connectivity index (χ4v) is 7.04. The van der Waals surface area contributed by atoms with Gasteiger partial charge in [0.25, 0.3) is 5.56 Å². The standard InChI is InChI=1S/C41H45FN6O6/c1-4-29-20-30(11-10-26(29)2)43-37-23-38(49)48(41(52)44-37)27(3)53-19-18-45-14-16-46(17-15-45)36-22-35-32(21-34(36)42)39(50)33(24-47(35)31-12-13-31)40(51)54-25-28-8-6-5-7-9-28/h5-11,20-24,27,31,43H,4,12-19,25H2,1-3H3,(H,44,52). The van der Waals surface area contributed by atoms with Crippen LogP contribution in [0, 0.1) is 12.7 Å². The van der Waals surface area contributed by atoms with E-state index in [0.717, 1.165) is 35.1 Å². The maximum atomic E-state index is 15.7. The minimum Gasteiger partial charge on any atom is -0.457 e. The third-order valence-corrected chi connectivity index (χ3v) is 10.3. The molecule has 3 aromatic carbocycles. The highest BCUT2D eigenvalue weighted by Crippen LogP contribution is 2.38. The second-order valence-corrected chi connectivity index (χ2v) is 14.0. The third-order valence-electron chi connectivity index (χ3n) is 10.3. The highest BCUT2D eigenvalue weighted by atomic mass is 19.1. The molecule has 0 radical (unpaired) electrons. The molecule has 0 amide bonds. The van der Waals surface area contributed by atoms with Crippen LogP contribution in [0.25, 0.3) is 10.9 Å². The number of pyridine rings is 1. The van der Waals surface area contributed by atoms with Gasteiger partial charge in [-0.05, 0) is 74.1 Å². The van der Waals surface area contributed by atoms with E-state index in [1.807, 2.05) is 64.9 Å². The molecule has 1 aliphatic carbocycles. The summed E-state index contributed by atoms with van der Waals surface area (Å²) >= 11 is 0. The van der Waals surface area contributed by atoms with Gasteiger partial charge in [0, 0.05) is 62.1 Å². The lowest BCUT2D eigenvalue weighted by Crippen LogP contribution is -2.48. The minimum absolute atomic E-state index is 0.0335. The van der Waals surface area contributed by atoms with Crippen LogP contribution in [0.2, 0.25) is 0 Å². The van der Waals surface area contributed by atoms with Gasteiger partial charge in [0.1, 0.15) is 30.0 Å². The van der Waals surface area contributed by atoms with Crippen molar-refractivity contribution in [2.45, 2.75) is 58.9 Å². The van der Waals surface area contributed by atoms with Crippen LogP contribution in [0.1, 0.15) is 66.0 Å². The van der Waals surface area contributed by atoms with E-state index in [4.69, 9.17) is 9.47 Å². The van der Waals surface area contributed by atoms with Crippen LogP contribution in [-0.4, -0.2) is 64.3 Å². The number of hydrogen-bond donors (Lipinski definition) is 2. The van der Waals surface area contributed by atoms with E-state index < -0.39 is 34.7 Å². The Kier molecular flexibility index (Phi) is 10.8. The van der Waals surface area contributed by atoms with Crippen molar-refractivity contribution < 1.29 is 18.7 Å². The molecular weight excluding hydrogens is 691 g/mol. The molecule has 0 spiro atoms. The number of ether oxygens (including phenoxy) is 2. The highest BCUT2D eigenvalue weighted by molar-refractivity contribution is 5.94. The summed E-state index contributed by atoms with van der Waals surface area (Å²) in [5.41, 5.74) is 3.24. The lowest BCUT2D eigenvalue weighted by Gasteiger charge is -2.36. The molecule has 282 valence electrons. The van der Waals surface area contributed by atoms with Crippen molar-refractivity contribution in [3.63, 3.8) is 0 Å². The molecule has 13 heteroatoms. The zero-order chi connectivity index (χ0) is 37.9. The first kappa shape index (κ1) is 36.8. The molecule has 2 fully saturated rings. The molecule has 2 N–H and O–H groups in total. The average molecular weight is 737 g/mol. The summed E-state index contributed by atoms with van der Waals surface area (Å²) in [6.45, 7) is 9.02. The molecule has 5 aromatic rings. The number of carbonyl (C=O) groups is 1. The first-order valence-corrected chi connectivity index (χ1v) is 18.5. The number of carbonyl (C=O) groups excluding carboxylic acids is 1. The number of nitrogens with one attached hydrogen (secondary N) is 2. The monoisotopic (exact) mass is 736 g/mol. The summed E-state index contributed by atoms with van der Waals surface area (Å²) < 4.78 is 30.1. The van der Waals surface area contributed by atoms with Crippen LogP contribution in [0.3, 0.4) is 0 Å². The van der Waals surface area contributed by atoms with E-state index in [-0.39, 0.29) is 30.2 Å². The van der Waals surface area contributed by atoms with Crippen molar-refractivity contribution >= 4 is 34.1 Å². The molecule has 7 rings (SSSR count). The number of anilines is 3. The van der Waals surface area contributed by atoms with Gasteiger partial charge in [-0.3, -0.25) is 19.5 Å². The number of fused-ring (bicyclic) bond motifs is 1. The second kappa shape index (κ2) is 15.8. The van der Waals surface area contributed by atoms with E-state index in [1.54, 1.807) is 19.2 Å². The molecule has 2 aromatic heterocycles. The number of esters is 1. The number of hydrogen-bond acceptors (Lipinski definition) is 9. The van der Waals surface area contributed by atoms with Gasteiger partial charge in [0.05, 0.1) is 17.8 Å². The smallest absolute Gasteiger partial charge is 0.343 e. The van der Waals surface area contributed by atoms with E-state index >= 15 is 4.39 Å².